The summed E-state index contributed by atoms with van der Waals surface area (Å²) in [6, 6.07) is 2.24. The van der Waals surface area contributed by atoms with E-state index in [1.54, 1.807) is 0 Å². The molecule has 0 unspecified atom stereocenters. The van der Waals surface area contributed by atoms with Crippen LogP contribution in [0.2, 0.25) is 0 Å². The molecule has 0 atom stereocenters. The van der Waals surface area contributed by atoms with Crippen molar-refractivity contribution in [1.29, 1.82) is 0 Å². The van der Waals surface area contributed by atoms with Crippen LogP contribution in [0.4, 0.5) is 0 Å². The number of hydrogen-bond acceptors (Lipinski definition) is 1. The first-order chi connectivity index (χ1) is 6.25. The number of hydrogen-bond donors (Lipinski definition) is 1. The Labute approximate surface area is 87.3 Å². The van der Waals surface area contributed by atoms with Crippen molar-refractivity contribution in [2.24, 2.45) is 5.73 Å². The molecule has 1 heteroatoms. The molecule has 0 amide bonds. The molecule has 14 heavy (non-hydrogen) atoms. The van der Waals surface area contributed by atoms with E-state index in [1.807, 2.05) is 0 Å². The Morgan fingerprint density at radius 3 is 1.57 bits per heavy atom. The van der Waals surface area contributed by atoms with Crippen LogP contribution in [-0.2, 0) is 5.54 Å². The molecule has 0 fully saturated rings. The van der Waals surface area contributed by atoms with Crippen molar-refractivity contribution < 1.29 is 0 Å². The molecule has 0 aromatic heterocycles. The molecule has 0 spiro atoms. The van der Waals surface area contributed by atoms with Gasteiger partial charge in [-0.2, -0.15) is 0 Å². The number of aryl methyl sites for hydroxylation is 2. The van der Waals surface area contributed by atoms with Gasteiger partial charge in [-0.3, -0.25) is 0 Å². The van der Waals surface area contributed by atoms with Gasteiger partial charge in [0, 0.05) is 5.54 Å². The predicted molar refractivity (Wildman–Crippen MR) is 62.6 cm³/mol. The second-order valence-corrected chi connectivity index (χ2v) is 4.86. The summed E-state index contributed by atoms with van der Waals surface area (Å²) >= 11 is 0. The van der Waals surface area contributed by atoms with Crippen LogP contribution in [0.3, 0.4) is 0 Å². The van der Waals surface area contributed by atoms with E-state index in [2.05, 4.69) is 47.6 Å². The highest BCUT2D eigenvalue weighted by molar-refractivity contribution is 5.47. The van der Waals surface area contributed by atoms with Crippen LogP contribution in [0.5, 0.6) is 0 Å². The van der Waals surface area contributed by atoms with Crippen LogP contribution in [-0.4, -0.2) is 0 Å². The minimum Gasteiger partial charge on any atom is -0.322 e. The fourth-order valence-electron chi connectivity index (χ4n) is 2.18. The zero-order chi connectivity index (χ0) is 11.1. The quantitative estimate of drug-likeness (QED) is 0.725. The maximum absolute atomic E-state index is 6.20. The maximum Gasteiger partial charge on any atom is 0.0357 e. The Hall–Kier alpha value is -0.820. The molecule has 1 rings (SSSR count). The van der Waals surface area contributed by atoms with Crippen molar-refractivity contribution in [2.75, 3.05) is 0 Å². The molecule has 0 aliphatic carbocycles. The largest absolute Gasteiger partial charge is 0.322 e. The van der Waals surface area contributed by atoms with Crippen molar-refractivity contribution in [3.8, 4) is 0 Å². The molecule has 0 aliphatic heterocycles. The van der Waals surface area contributed by atoms with Crippen molar-refractivity contribution in [2.45, 2.75) is 47.1 Å². The summed E-state index contributed by atoms with van der Waals surface area (Å²) in [7, 11) is 0. The summed E-state index contributed by atoms with van der Waals surface area (Å²) < 4.78 is 0. The smallest absolute Gasteiger partial charge is 0.0357 e. The van der Waals surface area contributed by atoms with Crippen LogP contribution in [0, 0.1) is 27.7 Å². The highest BCUT2D eigenvalue weighted by Gasteiger charge is 2.21. The van der Waals surface area contributed by atoms with Gasteiger partial charge >= 0.3 is 0 Å². The topological polar surface area (TPSA) is 26.0 Å². The summed E-state index contributed by atoms with van der Waals surface area (Å²) in [5.74, 6) is 0. The van der Waals surface area contributed by atoms with E-state index in [0.717, 1.165) is 0 Å². The SMILES string of the molecule is Cc1cc(C)c(C)c(C(C)(C)N)c1C. The lowest BCUT2D eigenvalue weighted by atomic mass is 9.84. The average Bonchev–Trinajstić information content (AvgIpc) is 1.98. The fourth-order valence-corrected chi connectivity index (χ4v) is 2.18. The Morgan fingerprint density at radius 2 is 1.29 bits per heavy atom. The van der Waals surface area contributed by atoms with Crippen LogP contribution in [0.15, 0.2) is 6.07 Å². The number of rotatable bonds is 1. The monoisotopic (exact) mass is 191 g/mol. The van der Waals surface area contributed by atoms with E-state index >= 15 is 0 Å². The highest BCUT2D eigenvalue weighted by Crippen LogP contribution is 2.29. The van der Waals surface area contributed by atoms with Crippen LogP contribution in [0.1, 0.15) is 41.7 Å². The first kappa shape index (κ1) is 11.3. The minimum atomic E-state index is -0.245. The summed E-state index contributed by atoms with van der Waals surface area (Å²) in [4.78, 5) is 0. The molecule has 0 aliphatic rings. The lowest BCUT2D eigenvalue weighted by Crippen LogP contribution is -2.31. The third kappa shape index (κ3) is 1.83. The molecular weight excluding hydrogens is 170 g/mol. The van der Waals surface area contributed by atoms with Gasteiger partial charge in [0.2, 0.25) is 0 Å². The molecular formula is C13H21N. The molecule has 2 N–H and O–H groups in total. The Bertz CT molecular complexity index is 330. The van der Waals surface area contributed by atoms with E-state index in [9.17, 15) is 0 Å². The summed E-state index contributed by atoms with van der Waals surface area (Å²) in [5.41, 5.74) is 12.6. The van der Waals surface area contributed by atoms with Gasteiger partial charge in [-0.15, -0.1) is 0 Å². The Morgan fingerprint density at radius 1 is 0.929 bits per heavy atom. The van der Waals surface area contributed by atoms with E-state index < -0.39 is 0 Å². The molecule has 0 heterocycles. The summed E-state index contributed by atoms with van der Waals surface area (Å²) in [5, 5.41) is 0. The van der Waals surface area contributed by atoms with Crippen molar-refractivity contribution in [3.05, 3.63) is 33.9 Å². The van der Waals surface area contributed by atoms with Crippen LogP contribution >= 0.6 is 0 Å². The molecule has 1 aromatic rings. The zero-order valence-corrected chi connectivity index (χ0v) is 10.2. The summed E-state index contributed by atoms with van der Waals surface area (Å²) in [6.07, 6.45) is 0. The Balaban J connectivity index is 3.56. The fraction of sp³-hybridized carbons (Fsp3) is 0.538. The normalized spacial score (nSPS) is 11.9. The third-order valence-electron chi connectivity index (χ3n) is 3.01. The van der Waals surface area contributed by atoms with Crippen LogP contribution < -0.4 is 5.73 Å². The highest BCUT2D eigenvalue weighted by atomic mass is 14.7. The Kier molecular flexibility index (Phi) is 2.73. The van der Waals surface area contributed by atoms with Gasteiger partial charge in [-0.1, -0.05) is 6.07 Å². The van der Waals surface area contributed by atoms with E-state index in [0.29, 0.717) is 0 Å². The van der Waals surface area contributed by atoms with Crippen molar-refractivity contribution in [3.63, 3.8) is 0 Å². The van der Waals surface area contributed by atoms with Gasteiger partial charge in [0.15, 0.2) is 0 Å². The second kappa shape index (κ2) is 3.39. The van der Waals surface area contributed by atoms with Crippen molar-refractivity contribution in [1.82, 2.24) is 0 Å². The lowest BCUT2D eigenvalue weighted by Gasteiger charge is -2.26. The number of benzene rings is 1. The summed E-state index contributed by atoms with van der Waals surface area (Å²) in [6.45, 7) is 12.8. The third-order valence-corrected chi connectivity index (χ3v) is 3.01. The molecule has 1 aromatic carbocycles. The van der Waals surface area contributed by atoms with E-state index in [-0.39, 0.29) is 5.54 Å². The predicted octanol–water partition coefficient (Wildman–Crippen LogP) is 3.11. The van der Waals surface area contributed by atoms with Crippen LogP contribution in [0.25, 0.3) is 0 Å². The van der Waals surface area contributed by atoms with Gasteiger partial charge in [0.05, 0.1) is 0 Å². The minimum absolute atomic E-state index is 0.245. The first-order valence-electron chi connectivity index (χ1n) is 5.12. The van der Waals surface area contributed by atoms with Gasteiger partial charge in [-0.25, -0.2) is 0 Å². The molecule has 0 bridgehead atoms. The standard InChI is InChI=1S/C13H21N/c1-8-7-9(2)11(4)12(10(8)3)13(5,6)14/h7H,14H2,1-6H3. The average molecular weight is 191 g/mol. The van der Waals surface area contributed by atoms with Gasteiger partial charge in [0.1, 0.15) is 0 Å². The first-order valence-corrected chi connectivity index (χ1v) is 5.12. The maximum atomic E-state index is 6.20. The van der Waals surface area contributed by atoms with Gasteiger partial charge < -0.3 is 5.73 Å². The zero-order valence-electron chi connectivity index (χ0n) is 10.2. The lowest BCUT2D eigenvalue weighted by molar-refractivity contribution is 0.546. The molecule has 1 nitrogen and oxygen atoms in total. The molecule has 0 radical (unpaired) electrons. The van der Waals surface area contributed by atoms with Crippen molar-refractivity contribution >= 4 is 0 Å². The second-order valence-electron chi connectivity index (χ2n) is 4.86. The number of nitrogens with two attached hydrogens (primary N) is 1. The van der Waals surface area contributed by atoms with Gasteiger partial charge in [0.25, 0.3) is 0 Å². The van der Waals surface area contributed by atoms with E-state index in [4.69, 9.17) is 5.73 Å². The molecule has 0 saturated heterocycles. The van der Waals surface area contributed by atoms with Gasteiger partial charge in [-0.05, 0) is 69.4 Å². The molecule has 0 saturated carbocycles. The molecule has 78 valence electrons. The van der Waals surface area contributed by atoms with E-state index in [1.165, 1.54) is 27.8 Å².